The van der Waals surface area contributed by atoms with E-state index >= 15 is 4.39 Å². The summed E-state index contributed by atoms with van der Waals surface area (Å²) in [6, 6.07) is 9.53. The number of aromatic nitrogens is 6. The van der Waals surface area contributed by atoms with E-state index in [0.717, 1.165) is 41.0 Å². The Balaban J connectivity index is 1.28. The van der Waals surface area contributed by atoms with Crippen LogP contribution in [0, 0.1) is 18.7 Å². The van der Waals surface area contributed by atoms with Gasteiger partial charge in [0.05, 0.1) is 34.4 Å². The maximum Gasteiger partial charge on any atom is 0.184 e. The highest BCUT2D eigenvalue weighted by Gasteiger charge is 2.21. The predicted octanol–water partition coefficient (Wildman–Crippen LogP) is 7.51. The van der Waals surface area contributed by atoms with Crippen LogP contribution in [0.4, 0.5) is 15.9 Å². The van der Waals surface area contributed by atoms with Gasteiger partial charge in [0.2, 0.25) is 0 Å². The second-order valence-corrected chi connectivity index (χ2v) is 10.4. The number of anilines is 2. The molecule has 0 aliphatic heterocycles. The van der Waals surface area contributed by atoms with E-state index in [0.29, 0.717) is 34.3 Å². The van der Waals surface area contributed by atoms with Crippen molar-refractivity contribution in [3.8, 4) is 22.4 Å². The van der Waals surface area contributed by atoms with Crippen molar-refractivity contribution in [2.75, 3.05) is 10.6 Å². The van der Waals surface area contributed by atoms with Gasteiger partial charge in [0.15, 0.2) is 5.65 Å². The standard InChI is InChI=1S/C32H31FN8/c1-19-25(27-11-7-8-13-35-27)12-14-36-31(19)39-21(3)30-28-29(33)26(18-37-32(28)41-40-30)23-15-24(17-34-16-23)38-20(2)22-9-5-4-6-10-22/h7-8,11-18,22,38H,2-6,9-10H2,1H3,(H,36,39)(H,37,40,41). The average molecular weight is 547 g/mol. The molecule has 5 aromatic rings. The summed E-state index contributed by atoms with van der Waals surface area (Å²) in [5, 5.41) is 14.0. The van der Waals surface area contributed by atoms with E-state index in [9.17, 15) is 0 Å². The van der Waals surface area contributed by atoms with Crippen LogP contribution >= 0.6 is 0 Å². The van der Waals surface area contributed by atoms with Gasteiger partial charge in [0, 0.05) is 52.7 Å². The Morgan fingerprint density at radius 3 is 2.61 bits per heavy atom. The van der Waals surface area contributed by atoms with E-state index in [1.165, 1.54) is 25.5 Å². The van der Waals surface area contributed by atoms with Crippen LogP contribution in [-0.4, -0.2) is 30.1 Å². The van der Waals surface area contributed by atoms with Crippen molar-refractivity contribution < 1.29 is 4.39 Å². The van der Waals surface area contributed by atoms with Gasteiger partial charge in [-0.1, -0.05) is 38.5 Å². The van der Waals surface area contributed by atoms with E-state index in [4.69, 9.17) is 0 Å². The number of rotatable bonds is 8. The fourth-order valence-electron chi connectivity index (χ4n) is 5.43. The van der Waals surface area contributed by atoms with Crippen molar-refractivity contribution in [2.45, 2.75) is 39.0 Å². The van der Waals surface area contributed by atoms with Crippen molar-refractivity contribution >= 4 is 28.2 Å². The molecule has 6 rings (SSSR count). The van der Waals surface area contributed by atoms with Crippen LogP contribution in [-0.2, 0) is 0 Å². The third-order valence-electron chi connectivity index (χ3n) is 7.69. The van der Waals surface area contributed by atoms with Gasteiger partial charge in [0.1, 0.15) is 11.6 Å². The molecule has 0 aromatic carbocycles. The van der Waals surface area contributed by atoms with Crippen molar-refractivity contribution in [3.05, 3.63) is 97.2 Å². The summed E-state index contributed by atoms with van der Waals surface area (Å²) in [5.41, 5.74) is 6.39. The largest absolute Gasteiger partial charge is 0.358 e. The summed E-state index contributed by atoms with van der Waals surface area (Å²) in [7, 11) is 0. The molecule has 206 valence electrons. The van der Waals surface area contributed by atoms with Gasteiger partial charge in [-0.15, -0.1) is 0 Å². The molecule has 1 aliphatic carbocycles. The first-order valence-corrected chi connectivity index (χ1v) is 13.8. The second kappa shape index (κ2) is 11.3. The molecule has 0 atom stereocenters. The van der Waals surface area contributed by atoms with E-state index in [-0.39, 0.29) is 11.0 Å². The molecule has 1 aliphatic rings. The summed E-state index contributed by atoms with van der Waals surface area (Å²) < 4.78 is 16.1. The Hall–Kier alpha value is -4.92. The molecule has 3 N–H and O–H groups in total. The third-order valence-corrected chi connectivity index (χ3v) is 7.69. The fraction of sp³-hybridized carbons (Fsp3) is 0.219. The smallest absolute Gasteiger partial charge is 0.184 e. The Bertz CT molecular complexity index is 1740. The quantitative estimate of drug-likeness (QED) is 0.185. The number of fused-ring (bicyclic) bond motifs is 1. The lowest BCUT2D eigenvalue weighted by molar-refractivity contribution is 0.405. The first kappa shape index (κ1) is 26.3. The molecule has 0 bridgehead atoms. The van der Waals surface area contributed by atoms with Crippen molar-refractivity contribution in [1.29, 1.82) is 0 Å². The van der Waals surface area contributed by atoms with Crippen LogP contribution in [0.25, 0.3) is 39.1 Å². The number of pyridine rings is 4. The van der Waals surface area contributed by atoms with Crippen molar-refractivity contribution in [2.24, 2.45) is 5.92 Å². The number of allylic oxidation sites excluding steroid dienone is 1. The second-order valence-electron chi connectivity index (χ2n) is 10.4. The minimum Gasteiger partial charge on any atom is -0.358 e. The van der Waals surface area contributed by atoms with Gasteiger partial charge in [-0.25, -0.2) is 14.4 Å². The first-order valence-electron chi connectivity index (χ1n) is 13.8. The molecule has 0 saturated heterocycles. The summed E-state index contributed by atoms with van der Waals surface area (Å²) in [6.45, 7) is 10.4. The number of halogens is 1. The molecule has 5 aromatic heterocycles. The lowest BCUT2D eigenvalue weighted by atomic mass is 9.87. The zero-order chi connectivity index (χ0) is 28.3. The monoisotopic (exact) mass is 546 g/mol. The van der Waals surface area contributed by atoms with Crippen molar-refractivity contribution in [3.63, 3.8) is 0 Å². The number of aromatic amines is 1. The van der Waals surface area contributed by atoms with Crippen LogP contribution < -0.4 is 10.6 Å². The molecule has 0 spiro atoms. The van der Waals surface area contributed by atoms with Gasteiger partial charge in [-0.3, -0.25) is 15.1 Å². The summed E-state index contributed by atoms with van der Waals surface area (Å²) in [4.78, 5) is 17.7. The summed E-state index contributed by atoms with van der Waals surface area (Å²) >= 11 is 0. The lowest BCUT2D eigenvalue weighted by Crippen LogP contribution is -2.14. The van der Waals surface area contributed by atoms with Crippen LogP contribution in [0.2, 0.25) is 0 Å². The minimum absolute atomic E-state index is 0.239. The van der Waals surface area contributed by atoms with Crippen LogP contribution in [0.1, 0.15) is 43.4 Å². The molecular weight excluding hydrogens is 515 g/mol. The Morgan fingerprint density at radius 2 is 1.80 bits per heavy atom. The highest BCUT2D eigenvalue weighted by Crippen LogP contribution is 2.34. The molecule has 9 heteroatoms. The predicted molar refractivity (Wildman–Crippen MR) is 161 cm³/mol. The maximum absolute atomic E-state index is 16.1. The summed E-state index contributed by atoms with van der Waals surface area (Å²) in [5.74, 6) is 0.571. The molecular formula is C32H31FN8. The zero-order valence-electron chi connectivity index (χ0n) is 22.9. The van der Waals surface area contributed by atoms with Crippen LogP contribution in [0.15, 0.2) is 80.2 Å². The Kier molecular flexibility index (Phi) is 7.24. The highest BCUT2D eigenvalue weighted by molar-refractivity contribution is 5.94. The third kappa shape index (κ3) is 5.30. The first-order chi connectivity index (χ1) is 20.0. The number of hydrogen-bond acceptors (Lipinski definition) is 7. The molecule has 0 amide bonds. The maximum atomic E-state index is 16.1. The Morgan fingerprint density at radius 1 is 0.951 bits per heavy atom. The van der Waals surface area contributed by atoms with Crippen LogP contribution in [0.3, 0.4) is 0 Å². The number of nitrogens with one attached hydrogen (secondary N) is 3. The molecule has 5 heterocycles. The minimum atomic E-state index is -0.460. The van der Waals surface area contributed by atoms with E-state index in [1.807, 2.05) is 37.3 Å². The SMILES string of the molecule is C=C(Nc1nccc(-c2ccccn2)c1C)c1[nH]nc2ncc(-c3cncc(NC(=C)C4CCCCC4)c3)c(F)c12. The van der Waals surface area contributed by atoms with Gasteiger partial charge in [-0.05, 0) is 49.9 Å². The molecule has 1 saturated carbocycles. The number of nitrogens with zero attached hydrogens (tertiary/aromatic N) is 5. The highest BCUT2D eigenvalue weighted by atomic mass is 19.1. The van der Waals surface area contributed by atoms with E-state index in [2.05, 4.69) is 53.9 Å². The Labute approximate surface area is 237 Å². The molecule has 41 heavy (non-hydrogen) atoms. The number of H-pyrrole nitrogens is 1. The van der Waals surface area contributed by atoms with Gasteiger partial charge in [-0.2, -0.15) is 5.10 Å². The van der Waals surface area contributed by atoms with Gasteiger partial charge < -0.3 is 10.6 Å². The topological polar surface area (TPSA) is 104 Å². The zero-order valence-corrected chi connectivity index (χ0v) is 22.9. The van der Waals surface area contributed by atoms with Crippen molar-refractivity contribution in [1.82, 2.24) is 30.1 Å². The van der Waals surface area contributed by atoms with Gasteiger partial charge >= 0.3 is 0 Å². The normalized spacial score (nSPS) is 13.7. The molecule has 0 unspecified atom stereocenters. The lowest BCUT2D eigenvalue weighted by Gasteiger charge is -2.24. The van der Waals surface area contributed by atoms with Crippen LogP contribution in [0.5, 0.6) is 0 Å². The van der Waals surface area contributed by atoms with E-state index in [1.54, 1.807) is 24.8 Å². The molecule has 1 fully saturated rings. The average Bonchev–Trinajstić information content (AvgIpc) is 3.45. The van der Waals surface area contributed by atoms with E-state index < -0.39 is 5.82 Å². The molecule has 0 radical (unpaired) electrons. The molecule has 8 nitrogen and oxygen atoms in total. The van der Waals surface area contributed by atoms with Gasteiger partial charge in [0.25, 0.3) is 0 Å². The summed E-state index contributed by atoms with van der Waals surface area (Å²) in [6.07, 6.45) is 14.3. The fourth-order valence-corrected chi connectivity index (χ4v) is 5.43. The number of hydrogen-bond donors (Lipinski definition) is 3.